The summed E-state index contributed by atoms with van der Waals surface area (Å²) in [4.78, 5) is 30.3. The molecule has 86 valence electrons. The van der Waals surface area contributed by atoms with Crippen LogP contribution >= 0.6 is 0 Å². The predicted molar refractivity (Wildman–Crippen MR) is 32.0 cm³/mol. The van der Waals surface area contributed by atoms with Crippen LogP contribution in [0.15, 0.2) is 0 Å². The molecular formula is C6H5O9-3. The zero-order chi connectivity index (χ0) is 12.4. The summed E-state index contributed by atoms with van der Waals surface area (Å²) >= 11 is 0. The number of carboxylic acids is 3. The van der Waals surface area contributed by atoms with Gasteiger partial charge in [0, 0.05) is 0 Å². The molecule has 2 unspecified atom stereocenters. The number of carbonyl (C=O) groups excluding carboxylic acids is 3. The highest BCUT2D eigenvalue weighted by Crippen LogP contribution is 2.15. The third kappa shape index (κ3) is 2.21. The van der Waals surface area contributed by atoms with Gasteiger partial charge >= 0.3 is 0 Å². The molecule has 3 N–H and O–H groups in total. The Morgan fingerprint density at radius 3 is 1.33 bits per heavy atom. The van der Waals surface area contributed by atoms with Crippen molar-refractivity contribution < 1.29 is 45.0 Å². The molecule has 0 amide bonds. The SMILES string of the molecule is O=C([O-])C(O)C(O)(C(=O)[O-])C(O)C(=O)[O-]. The molecule has 0 spiro atoms. The van der Waals surface area contributed by atoms with E-state index in [1.54, 1.807) is 0 Å². The maximum atomic E-state index is 10.2. The first-order valence-electron chi connectivity index (χ1n) is 3.37. The Morgan fingerprint density at radius 2 is 1.20 bits per heavy atom. The zero-order valence-electron chi connectivity index (χ0n) is 6.95. The van der Waals surface area contributed by atoms with Crippen LogP contribution in [0, 0.1) is 0 Å². The molecule has 0 aliphatic rings. The van der Waals surface area contributed by atoms with Crippen LogP contribution in [0.25, 0.3) is 0 Å². The van der Waals surface area contributed by atoms with Crippen LogP contribution in [0.2, 0.25) is 0 Å². The largest absolute Gasteiger partial charge is 0.547 e. The van der Waals surface area contributed by atoms with Gasteiger partial charge in [-0.25, -0.2) is 0 Å². The van der Waals surface area contributed by atoms with Crippen LogP contribution in [0.4, 0.5) is 0 Å². The topological polar surface area (TPSA) is 181 Å². The van der Waals surface area contributed by atoms with Gasteiger partial charge in [0.05, 0.1) is 17.9 Å². The summed E-state index contributed by atoms with van der Waals surface area (Å²) in [6, 6.07) is 0. The molecule has 0 rings (SSSR count). The average molecular weight is 221 g/mol. The van der Waals surface area contributed by atoms with E-state index in [2.05, 4.69) is 0 Å². The summed E-state index contributed by atoms with van der Waals surface area (Å²) < 4.78 is 0. The van der Waals surface area contributed by atoms with Gasteiger partial charge in [-0.1, -0.05) is 0 Å². The molecule has 0 heterocycles. The van der Waals surface area contributed by atoms with E-state index in [0.717, 1.165) is 0 Å². The van der Waals surface area contributed by atoms with Crippen LogP contribution in [-0.2, 0) is 14.4 Å². The molecule has 0 radical (unpaired) electrons. The first-order chi connectivity index (χ1) is 6.65. The molecular weight excluding hydrogens is 216 g/mol. The van der Waals surface area contributed by atoms with Crippen LogP contribution in [-0.4, -0.2) is 51.0 Å². The van der Waals surface area contributed by atoms with Crippen molar-refractivity contribution >= 4 is 17.9 Å². The second-order valence-corrected chi connectivity index (χ2v) is 2.56. The van der Waals surface area contributed by atoms with Crippen LogP contribution < -0.4 is 15.3 Å². The summed E-state index contributed by atoms with van der Waals surface area (Å²) in [6.45, 7) is 0. The third-order valence-electron chi connectivity index (χ3n) is 1.61. The van der Waals surface area contributed by atoms with E-state index < -0.39 is 35.7 Å². The zero-order valence-corrected chi connectivity index (χ0v) is 6.95. The van der Waals surface area contributed by atoms with Crippen LogP contribution in [0.3, 0.4) is 0 Å². The van der Waals surface area contributed by atoms with E-state index in [0.29, 0.717) is 0 Å². The van der Waals surface area contributed by atoms with Crippen molar-refractivity contribution in [1.82, 2.24) is 0 Å². The van der Waals surface area contributed by atoms with Crippen molar-refractivity contribution in [1.29, 1.82) is 0 Å². The molecule has 9 nitrogen and oxygen atoms in total. The van der Waals surface area contributed by atoms with E-state index in [1.807, 2.05) is 0 Å². The molecule has 0 aliphatic carbocycles. The highest BCUT2D eigenvalue weighted by Gasteiger charge is 2.46. The molecule has 0 aromatic carbocycles. The number of aliphatic carboxylic acids is 3. The van der Waals surface area contributed by atoms with Gasteiger partial charge in [0.2, 0.25) is 0 Å². The van der Waals surface area contributed by atoms with Crippen molar-refractivity contribution in [3.8, 4) is 0 Å². The molecule has 15 heavy (non-hydrogen) atoms. The number of aliphatic hydroxyl groups is 3. The number of carbonyl (C=O) groups is 3. The maximum Gasteiger partial charge on any atom is 0.166 e. The van der Waals surface area contributed by atoms with E-state index in [9.17, 15) is 29.7 Å². The summed E-state index contributed by atoms with van der Waals surface area (Å²) in [5.74, 6) is -7.69. The third-order valence-corrected chi connectivity index (χ3v) is 1.61. The van der Waals surface area contributed by atoms with Gasteiger partial charge < -0.3 is 45.0 Å². The van der Waals surface area contributed by atoms with Gasteiger partial charge in [0.15, 0.2) is 5.60 Å². The van der Waals surface area contributed by atoms with E-state index >= 15 is 0 Å². The van der Waals surface area contributed by atoms with Gasteiger partial charge in [0.25, 0.3) is 0 Å². The summed E-state index contributed by atoms with van der Waals surface area (Å²) in [7, 11) is 0. The lowest BCUT2D eigenvalue weighted by Gasteiger charge is -2.38. The van der Waals surface area contributed by atoms with Crippen molar-refractivity contribution in [3.63, 3.8) is 0 Å². The second-order valence-electron chi connectivity index (χ2n) is 2.56. The monoisotopic (exact) mass is 221 g/mol. The number of hydrogen-bond acceptors (Lipinski definition) is 9. The Labute approximate surface area is 81.8 Å². The second kappa shape index (κ2) is 4.21. The molecule has 0 aliphatic heterocycles. The molecule has 0 bridgehead atoms. The molecule has 2 atom stereocenters. The molecule has 9 heteroatoms. The Balaban J connectivity index is 5.33. The predicted octanol–water partition coefficient (Wildman–Crippen LogP) is -7.31. The van der Waals surface area contributed by atoms with Gasteiger partial charge in [-0.2, -0.15) is 0 Å². The Hall–Kier alpha value is -1.71. The highest BCUT2D eigenvalue weighted by molar-refractivity contribution is 5.91. The van der Waals surface area contributed by atoms with Gasteiger partial charge in [-0.15, -0.1) is 0 Å². The lowest BCUT2D eigenvalue weighted by Crippen LogP contribution is -2.70. The normalized spacial score (nSPS) is 18.6. The smallest absolute Gasteiger partial charge is 0.166 e. The Kier molecular flexibility index (Phi) is 3.73. The maximum absolute atomic E-state index is 10.2. The molecule has 0 fully saturated rings. The first kappa shape index (κ1) is 13.3. The Bertz CT molecular complexity index is 275. The van der Waals surface area contributed by atoms with Crippen molar-refractivity contribution in [3.05, 3.63) is 0 Å². The fourth-order valence-corrected chi connectivity index (χ4v) is 0.732. The minimum absolute atomic E-state index is 2.50. The number of carboxylic acid groups (broad SMARTS) is 3. The number of hydrogen-bond donors (Lipinski definition) is 3. The molecule has 0 saturated heterocycles. The van der Waals surface area contributed by atoms with Gasteiger partial charge in [-0.05, 0) is 0 Å². The van der Waals surface area contributed by atoms with E-state index in [1.165, 1.54) is 0 Å². The standard InChI is InChI=1S/C6H8O9/c7-1(3(9)10)6(15,5(13)14)2(8)4(11)12/h1-2,7-8,15H,(H,9,10)(H,11,12)(H,13,14)/p-3. The van der Waals surface area contributed by atoms with Crippen LogP contribution in [0.5, 0.6) is 0 Å². The lowest BCUT2D eigenvalue weighted by molar-refractivity contribution is -0.360. The van der Waals surface area contributed by atoms with Crippen molar-refractivity contribution in [2.45, 2.75) is 17.8 Å². The summed E-state index contributed by atoms with van der Waals surface area (Å²) in [5.41, 5.74) is -3.95. The highest BCUT2D eigenvalue weighted by atomic mass is 16.5. The lowest BCUT2D eigenvalue weighted by atomic mass is 9.90. The summed E-state index contributed by atoms with van der Waals surface area (Å²) in [5, 5.41) is 56.6. The van der Waals surface area contributed by atoms with Gasteiger partial charge in [0.1, 0.15) is 12.2 Å². The molecule has 0 aromatic heterocycles. The quantitative estimate of drug-likeness (QED) is 0.406. The minimum atomic E-state index is -3.95. The number of rotatable bonds is 5. The van der Waals surface area contributed by atoms with Crippen LogP contribution in [0.1, 0.15) is 0 Å². The van der Waals surface area contributed by atoms with Gasteiger partial charge in [-0.3, -0.25) is 0 Å². The number of aliphatic hydroxyl groups excluding tert-OH is 2. The fraction of sp³-hybridized carbons (Fsp3) is 0.500. The van der Waals surface area contributed by atoms with E-state index in [-0.39, 0.29) is 0 Å². The molecule has 0 saturated carbocycles. The summed E-state index contributed by atoms with van der Waals surface area (Å²) in [6.07, 6.45) is -6.37. The van der Waals surface area contributed by atoms with E-state index in [4.69, 9.17) is 15.3 Å². The minimum Gasteiger partial charge on any atom is -0.547 e. The van der Waals surface area contributed by atoms with Crippen molar-refractivity contribution in [2.24, 2.45) is 0 Å². The first-order valence-corrected chi connectivity index (χ1v) is 3.37. The Morgan fingerprint density at radius 1 is 0.933 bits per heavy atom. The van der Waals surface area contributed by atoms with Crippen molar-refractivity contribution in [2.75, 3.05) is 0 Å². The fourth-order valence-electron chi connectivity index (χ4n) is 0.732. The average Bonchev–Trinajstić information content (AvgIpc) is 2.13. The molecule has 0 aromatic rings.